The largest absolute Gasteiger partial charge is 0.495 e. The number of aliphatic hydroxyl groups excluding tert-OH is 1. The van der Waals surface area contributed by atoms with E-state index in [4.69, 9.17) is 14.3 Å². The van der Waals surface area contributed by atoms with E-state index in [1.54, 1.807) is 13.0 Å². The van der Waals surface area contributed by atoms with Crippen molar-refractivity contribution in [3.63, 3.8) is 0 Å². The number of aliphatic hydroxyl groups is 1. The highest BCUT2D eigenvalue weighted by atomic mass is 79.9. The second kappa shape index (κ2) is 5.87. The van der Waals surface area contributed by atoms with Crippen LogP contribution in [-0.4, -0.2) is 42.2 Å². The standard InChI is InChI=1S/C12H13Br2NO5/c1-3-19-11(17)7-5-12(20-15-7)4-6(13)9(18-2)8(14)10(12)16/h4,10,16H,3,5H2,1-2H3/t10-,12+/m1/s1. The number of hydrogen-bond acceptors (Lipinski definition) is 6. The minimum absolute atomic E-state index is 0.119. The maximum Gasteiger partial charge on any atom is 0.356 e. The molecule has 2 rings (SSSR count). The molecule has 0 radical (unpaired) electrons. The van der Waals surface area contributed by atoms with Crippen LogP contribution in [-0.2, 0) is 19.1 Å². The molecular weight excluding hydrogens is 398 g/mol. The van der Waals surface area contributed by atoms with Crippen molar-refractivity contribution in [2.45, 2.75) is 25.0 Å². The number of hydrogen-bond donors (Lipinski definition) is 1. The maximum atomic E-state index is 11.7. The van der Waals surface area contributed by atoms with Crippen molar-refractivity contribution < 1.29 is 24.2 Å². The molecule has 6 nitrogen and oxygen atoms in total. The number of methoxy groups -OCH3 is 1. The number of allylic oxidation sites excluding steroid dienone is 1. The Labute approximate surface area is 132 Å². The zero-order valence-corrected chi connectivity index (χ0v) is 14.0. The lowest BCUT2D eigenvalue weighted by Crippen LogP contribution is -2.44. The molecular formula is C12H13Br2NO5. The van der Waals surface area contributed by atoms with Crippen LogP contribution in [0.15, 0.2) is 26.0 Å². The third kappa shape index (κ3) is 2.51. The Balaban J connectivity index is 2.25. The molecule has 2 atom stereocenters. The number of ether oxygens (including phenoxy) is 2. The monoisotopic (exact) mass is 409 g/mol. The second-order valence-electron chi connectivity index (χ2n) is 4.26. The molecule has 8 heteroatoms. The topological polar surface area (TPSA) is 77.4 Å². The zero-order chi connectivity index (χ0) is 14.9. The first-order valence-electron chi connectivity index (χ1n) is 5.87. The van der Waals surface area contributed by atoms with Crippen molar-refractivity contribution in [3.05, 3.63) is 20.8 Å². The van der Waals surface area contributed by atoms with Crippen LogP contribution in [0.3, 0.4) is 0 Å². The molecule has 0 aromatic rings. The van der Waals surface area contributed by atoms with Crippen LogP contribution >= 0.6 is 31.9 Å². The summed E-state index contributed by atoms with van der Waals surface area (Å²) in [5, 5.41) is 14.1. The number of esters is 1. The van der Waals surface area contributed by atoms with Gasteiger partial charge >= 0.3 is 5.97 Å². The summed E-state index contributed by atoms with van der Waals surface area (Å²) >= 11 is 6.63. The van der Waals surface area contributed by atoms with Crippen LogP contribution in [0.2, 0.25) is 0 Å². The van der Waals surface area contributed by atoms with Crippen molar-refractivity contribution >= 4 is 43.5 Å². The van der Waals surface area contributed by atoms with Gasteiger partial charge in [-0.2, -0.15) is 0 Å². The Kier molecular flexibility index (Phi) is 4.55. The van der Waals surface area contributed by atoms with Crippen LogP contribution in [0, 0.1) is 0 Å². The molecule has 1 spiro atoms. The summed E-state index contributed by atoms with van der Waals surface area (Å²) in [6, 6.07) is 0. The van der Waals surface area contributed by atoms with E-state index < -0.39 is 17.7 Å². The SMILES string of the molecule is CCOC(=O)C1=NO[C@@]2(C=C(Br)C(OC)=C(Br)[C@H]2O)C1. The lowest BCUT2D eigenvalue weighted by molar-refractivity contribution is -0.135. The minimum atomic E-state index is -1.14. The van der Waals surface area contributed by atoms with Gasteiger partial charge in [0.05, 0.1) is 22.7 Å². The second-order valence-corrected chi connectivity index (χ2v) is 5.97. The highest BCUT2D eigenvalue weighted by molar-refractivity contribution is 9.12. The van der Waals surface area contributed by atoms with Crippen molar-refractivity contribution in [3.8, 4) is 0 Å². The molecule has 0 aromatic heterocycles. The van der Waals surface area contributed by atoms with Crippen LogP contribution < -0.4 is 0 Å². The van der Waals surface area contributed by atoms with Gasteiger partial charge in [0, 0.05) is 6.42 Å². The summed E-state index contributed by atoms with van der Waals surface area (Å²) in [5.41, 5.74) is -0.995. The summed E-state index contributed by atoms with van der Waals surface area (Å²) in [6.45, 7) is 1.96. The highest BCUT2D eigenvalue weighted by Gasteiger charge is 2.50. The predicted molar refractivity (Wildman–Crippen MR) is 78.5 cm³/mol. The van der Waals surface area contributed by atoms with Crippen molar-refractivity contribution in [1.29, 1.82) is 0 Å². The van der Waals surface area contributed by atoms with E-state index in [2.05, 4.69) is 37.0 Å². The third-order valence-corrected chi connectivity index (χ3v) is 4.38. The fourth-order valence-electron chi connectivity index (χ4n) is 2.02. The van der Waals surface area contributed by atoms with Crippen molar-refractivity contribution in [1.82, 2.24) is 0 Å². The first-order valence-corrected chi connectivity index (χ1v) is 7.46. The summed E-state index contributed by atoms with van der Waals surface area (Å²) in [7, 11) is 1.49. The van der Waals surface area contributed by atoms with Crippen LogP contribution in [0.4, 0.5) is 0 Å². The first kappa shape index (κ1) is 15.5. The molecule has 0 unspecified atom stereocenters. The number of oxime groups is 1. The molecule has 1 heterocycles. The van der Waals surface area contributed by atoms with E-state index in [1.165, 1.54) is 7.11 Å². The van der Waals surface area contributed by atoms with Gasteiger partial charge in [0.25, 0.3) is 0 Å². The van der Waals surface area contributed by atoms with Crippen LogP contribution in [0.1, 0.15) is 13.3 Å². The molecule has 0 saturated heterocycles. The van der Waals surface area contributed by atoms with Gasteiger partial charge in [-0.25, -0.2) is 4.79 Å². The van der Waals surface area contributed by atoms with Crippen LogP contribution in [0.5, 0.6) is 0 Å². The smallest absolute Gasteiger partial charge is 0.356 e. The van der Waals surface area contributed by atoms with Gasteiger partial charge in [0.15, 0.2) is 11.3 Å². The molecule has 0 amide bonds. The number of rotatable bonds is 3. The zero-order valence-electron chi connectivity index (χ0n) is 10.9. The van der Waals surface area contributed by atoms with Gasteiger partial charge in [-0.05, 0) is 44.9 Å². The van der Waals surface area contributed by atoms with Gasteiger partial charge in [-0.15, -0.1) is 0 Å². The summed E-state index contributed by atoms with van der Waals surface area (Å²) in [5.74, 6) is -0.0740. The van der Waals surface area contributed by atoms with E-state index in [0.717, 1.165) is 0 Å². The average molecular weight is 411 g/mol. The van der Waals surface area contributed by atoms with E-state index in [0.29, 0.717) is 14.7 Å². The van der Waals surface area contributed by atoms with E-state index >= 15 is 0 Å². The lowest BCUT2D eigenvalue weighted by atomic mass is 9.87. The van der Waals surface area contributed by atoms with E-state index in [9.17, 15) is 9.90 Å². The lowest BCUT2D eigenvalue weighted by Gasteiger charge is -2.33. The fourth-order valence-corrected chi connectivity index (χ4v) is 3.81. The summed E-state index contributed by atoms with van der Waals surface area (Å²) in [6.07, 6.45) is 0.722. The van der Waals surface area contributed by atoms with Gasteiger partial charge in [0.2, 0.25) is 0 Å². The van der Waals surface area contributed by atoms with E-state index in [-0.39, 0.29) is 18.7 Å². The number of carbonyl (C=O) groups is 1. The van der Waals surface area contributed by atoms with Gasteiger partial charge in [-0.3, -0.25) is 0 Å². The minimum Gasteiger partial charge on any atom is -0.495 e. The van der Waals surface area contributed by atoms with Crippen LogP contribution in [0.25, 0.3) is 0 Å². The maximum absolute atomic E-state index is 11.7. The summed E-state index contributed by atoms with van der Waals surface area (Å²) in [4.78, 5) is 17.0. The number of halogens is 2. The van der Waals surface area contributed by atoms with E-state index in [1.807, 2.05) is 0 Å². The molecule has 0 fully saturated rings. The predicted octanol–water partition coefficient (Wildman–Crippen LogP) is 1.97. The third-order valence-electron chi connectivity index (χ3n) is 2.99. The first-order chi connectivity index (χ1) is 9.45. The Morgan fingerprint density at radius 3 is 2.95 bits per heavy atom. The van der Waals surface area contributed by atoms with Gasteiger partial charge in [0.1, 0.15) is 11.9 Å². The van der Waals surface area contributed by atoms with Gasteiger partial charge < -0.3 is 19.4 Å². The highest BCUT2D eigenvalue weighted by Crippen LogP contribution is 2.43. The normalized spacial score (nSPS) is 28.9. The molecule has 1 aliphatic carbocycles. The Hall–Kier alpha value is -0.860. The van der Waals surface area contributed by atoms with Gasteiger partial charge in [-0.1, -0.05) is 5.16 Å². The van der Waals surface area contributed by atoms with Crippen molar-refractivity contribution in [2.75, 3.05) is 13.7 Å². The molecule has 2 aliphatic rings. The fraction of sp³-hybridized carbons (Fsp3) is 0.500. The quantitative estimate of drug-likeness (QED) is 0.719. The summed E-state index contributed by atoms with van der Waals surface area (Å²) < 4.78 is 11.1. The molecule has 0 saturated carbocycles. The Bertz CT molecular complexity index is 528. The number of nitrogens with zero attached hydrogens (tertiary/aromatic N) is 1. The molecule has 1 aliphatic heterocycles. The Morgan fingerprint density at radius 2 is 2.35 bits per heavy atom. The Morgan fingerprint density at radius 1 is 1.65 bits per heavy atom. The molecule has 20 heavy (non-hydrogen) atoms. The molecule has 0 bridgehead atoms. The average Bonchev–Trinajstić information content (AvgIpc) is 2.82. The van der Waals surface area contributed by atoms with Crippen molar-refractivity contribution in [2.24, 2.45) is 5.16 Å². The molecule has 0 aromatic carbocycles. The molecule has 110 valence electrons. The molecule has 1 N–H and O–H groups in total. The number of carbonyl (C=O) groups excluding carboxylic acids is 1.